The van der Waals surface area contributed by atoms with Gasteiger partial charge >= 0.3 is 5.97 Å². The molecule has 1 aromatic heterocycles. The molecule has 6 heteroatoms. The van der Waals surface area contributed by atoms with Crippen molar-refractivity contribution in [2.24, 2.45) is 11.8 Å². The van der Waals surface area contributed by atoms with Crippen LogP contribution in [0.3, 0.4) is 0 Å². The lowest BCUT2D eigenvalue weighted by Crippen LogP contribution is -2.18. The van der Waals surface area contributed by atoms with Crippen LogP contribution in [0.25, 0.3) is 0 Å². The molecule has 0 spiro atoms. The van der Waals surface area contributed by atoms with Gasteiger partial charge < -0.3 is 9.67 Å². The normalized spacial score (nSPS) is 26.1. The van der Waals surface area contributed by atoms with E-state index in [9.17, 15) is 4.79 Å². The highest BCUT2D eigenvalue weighted by Gasteiger charge is 2.35. The van der Waals surface area contributed by atoms with Gasteiger partial charge in [-0.2, -0.15) is 0 Å². The van der Waals surface area contributed by atoms with Crippen LogP contribution < -0.4 is 0 Å². The van der Waals surface area contributed by atoms with Crippen molar-refractivity contribution >= 4 is 17.7 Å². The van der Waals surface area contributed by atoms with Crippen molar-refractivity contribution < 1.29 is 9.90 Å². The summed E-state index contributed by atoms with van der Waals surface area (Å²) in [6.07, 6.45) is 4.43. The van der Waals surface area contributed by atoms with Crippen molar-refractivity contribution in [2.75, 3.05) is 5.75 Å². The summed E-state index contributed by atoms with van der Waals surface area (Å²) >= 11 is 1.28. The van der Waals surface area contributed by atoms with Crippen LogP contribution in [0.1, 0.15) is 51.9 Å². The summed E-state index contributed by atoms with van der Waals surface area (Å²) in [5, 5.41) is 18.1. The summed E-state index contributed by atoms with van der Waals surface area (Å²) in [6, 6.07) is 0.418. The Morgan fingerprint density at radius 1 is 1.40 bits per heavy atom. The van der Waals surface area contributed by atoms with Gasteiger partial charge in [0.1, 0.15) is 5.82 Å². The molecule has 1 aromatic rings. The third-order valence-corrected chi connectivity index (χ3v) is 5.34. The van der Waals surface area contributed by atoms with Crippen LogP contribution in [0.15, 0.2) is 5.16 Å². The van der Waals surface area contributed by atoms with E-state index in [4.69, 9.17) is 5.11 Å². The Balaban J connectivity index is 2.24. The maximum atomic E-state index is 10.8. The molecule has 0 saturated heterocycles. The van der Waals surface area contributed by atoms with Gasteiger partial charge in [-0.25, -0.2) is 0 Å². The monoisotopic (exact) mass is 297 g/mol. The first-order chi connectivity index (χ1) is 9.58. The highest BCUT2D eigenvalue weighted by Crippen LogP contribution is 2.43. The predicted molar refractivity (Wildman–Crippen MR) is 79.0 cm³/mol. The number of aryl methyl sites for hydroxylation is 1. The van der Waals surface area contributed by atoms with Gasteiger partial charge in [0.25, 0.3) is 0 Å². The quantitative estimate of drug-likeness (QED) is 0.817. The lowest BCUT2D eigenvalue weighted by Gasteiger charge is -2.23. The van der Waals surface area contributed by atoms with E-state index in [1.165, 1.54) is 24.6 Å². The molecular weight excluding hydrogens is 274 g/mol. The van der Waals surface area contributed by atoms with Crippen molar-refractivity contribution in [3.8, 4) is 0 Å². The number of nitrogens with zero attached hydrogens (tertiary/aromatic N) is 3. The average Bonchev–Trinajstić information content (AvgIpc) is 2.98. The molecule has 0 aliphatic heterocycles. The first-order valence-corrected chi connectivity index (χ1v) is 8.35. The first kappa shape index (κ1) is 15.4. The number of hydrogen-bond acceptors (Lipinski definition) is 4. The Bertz CT molecular complexity index is 475. The second kappa shape index (κ2) is 6.61. The van der Waals surface area contributed by atoms with Gasteiger partial charge in [0.05, 0.1) is 5.75 Å². The number of carboxylic acid groups (broad SMARTS) is 1. The van der Waals surface area contributed by atoms with Crippen LogP contribution in [0.5, 0.6) is 0 Å². The van der Waals surface area contributed by atoms with Crippen molar-refractivity contribution in [3.63, 3.8) is 0 Å². The van der Waals surface area contributed by atoms with E-state index in [2.05, 4.69) is 35.5 Å². The zero-order chi connectivity index (χ0) is 14.7. The minimum absolute atomic E-state index is 0.0418. The van der Waals surface area contributed by atoms with Crippen LogP contribution in [-0.2, 0) is 11.2 Å². The van der Waals surface area contributed by atoms with Crippen LogP contribution >= 0.6 is 11.8 Å². The number of rotatable bonds is 6. The van der Waals surface area contributed by atoms with E-state index >= 15 is 0 Å². The Morgan fingerprint density at radius 2 is 2.15 bits per heavy atom. The molecule has 1 aliphatic rings. The highest BCUT2D eigenvalue weighted by atomic mass is 32.2. The number of carboxylic acids is 1. The molecular formula is C14H23N3O2S. The summed E-state index contributed by atoms with van der Waals surface area (Å²) in [7, 11) is 0. The fraction of sp³-hybridized carbons (Fsp3) is 0.786. The van der Waals surface area contributed by atoms with Crippen molar-refractivity contribution in [3.05, 3.63) is 5.82 Å². The molecule has 0 aromatic carbocycles. The first-order valence-electron chi connectivity index (χ1n) is 7.36. The molecule has 1 fully saturated rings. The highest BCUT2D eigenvalue weighted by molar-refractivity contribution is 7.99. The van der Waals surface area contributed by atoms with E-state index < -0.39 is 5.97 Å². The van der Waals surface area contributed by atoms with Crippen LogP contribution in [0, 0.1) is 11.8 Å². The third kappa shape index (κ3) is 3.00. The standard InChI is InChI=1S/C14H23N3O2S/c1-4-10-6-7-11(9(10)3)17-12(5-2)15-16-14(17)20-8-13(18)19/h9-11H,4-8H2,1-3H3,(H,18,19). The molecule has 1 heterocycles. The Hall–Kier alpha value is -1.04. The average molecular weight is 297 g/mol. The van der Waals surface area contributed by atoms with Crippen LogP contribution in [-0.4, -0.2) is 31.6 Å². The smallest absolute Gasteiger partial charge is 0.313 e. The van der Waals surface area contributed by atoms with Gasteiger partial charge in [-0.1, -0.05) is 39.0 Å². The zero-order valence-electron chi connectivity index (χ0n) is 12.4. The molecule has 3 unspecified atom stereocenters. The van der Waals surface area contributed by atoms with Crippen LogP contribution in [0.4, 0.5) is 0 Å². The number of aliphatic carboxylic acids is 1. The van der Waals surface area contributed by atoms with Crippen molar-refractivity contribution in [2.45, 2.75) is 57.7 Å². The molecule has 0 amide bonds. The largest absolute Gasteiger partial charge is 0.481 e. The van der Waals surface area contributed by atoms with Gasteiger partial charge in [-0.05, 0) is 24.7 Å². The van der Waals surface area contributed by atoms with E-state index in [0.29, 0.717) is 12.0 Å². The molecule has 5 nitrogen and oxygen atoms in total. The Morgan fingerprint density at radius 3 is 2.70 bits per heavy atom. The molecule has 0 bridgehead atoms. The SMILES string of the molecule is CCc1nnc(SCC(=O)O)n1C1CCC(CC)C1C. The fourth-order valence-corrected chi connectivity index (χ4v) is 4.00. The van der Waals surface area contributed by atoms with E-state index in [1.807, 2.05) is 0 Å². The summed E-state index contributed by atoms with van der Waals surface area (Å²) in [5.41, 5.74) is 0. The molecule has 1 saturated carbocycles. The van der Waals surface area contributed by atoms with Crippen LogP contribution in [0.2, 0.25) is 0 Å². The minimum atomic E-state index is -0.812. The van der Waals surface area contributed by atoms with E-state index in [1.54, 1.807) is 0 Å². The van der Waals surface area contributed by atoms with Crippen molar-refractivity contribution in [1.82, 2.24) is 14.8 Å². The second-order valence-corrected chi connectivity index (χ2v) is 6.42. The number of hydrogen-bond donors (Lipinski definition) is 1. The van der Waals surface area contributed by atoms with Gasteiger partial charge in [-0.3, -0.25) is 4.79 Å². The number of aromatic nitrogens is 3. The maximum Gasteiger partial charge on any atom is 0.313 e. The fourth-order valence-electron chi connectivity index (χ4n) is 3.27. The van der Waals surface area contributed by atoms with Gasteiger partial charge in [-0.15, -0.1) is 10.2 Å². The Kier molecular flexibility index (Phi) is 5.07. The summed E-state index contributed by atoms with van der Waals surface area (Å²) < 4.78 is 2.20. The molecule has 3 atom stereocenters. The molecule has 0 radical (unpaired) electrons. The second-order valence-electron chi connectivity index (χ2n) is 5.48. The molecule has 2 rings (SSSR count). The van der Waals surface area contributed by atoms with Gasteiger partial charge in [0, 0.05) is 12.5 Å². The number of carbonyl (C=O) groups is 1. The molecule has 1 N–H and O–H groups in total. The number of thioether (sulfide) groups is 1. The van der Waals surface area contributed by atoms with Gasteiger partial charge in [0.2, 0.25) is 0 Å². The van der Waals surface area contributed by atoms with Gasteiger partial charge in [0.15, 0.2) is 5.16 Å². The van der Waals surface area contributed by atoms with E-state index in [-0.39, 0.29) is 5.75 Å². The van der Waals surface area contributed by atoms with E-state index in [0.717, 1.165) is 29.7 Å². The molecule has 112 valence electrons. The lowest BCUT2D eigenvalue weighted by atomic mass is 9.93. The lowest BCUT2D eigenvalue weighted by molar-refractivity contribution is -0.133. The zero-order valence-corrected chi connectivity index (χ0v) is 13.2. The maximum absolute atomic E-state index is 10.8. The van der Waals surface area contributed by atoms with Crippen molar-refractivity contribution in [1.29, 1.82) is 0 Å². The topological polar surface area (TPSA) is 68.0 Å². The third-order valence-electron chi connectivity index (χ3n) is 4.42. The Labute approximate surface area is 124 Å². The minimum Gasteiger partial charge on any atom is -0.481 e. The molecule has 1 aliphatic carbocycles. The summed E-state index contributed by atoms with van der Waals surface area (Å²) in [4.78, 5) is 10.8. The summed E-state index contributed by atoms with van der Waals surface area (Å²) in [5.74, 6) is 1.56. The predicted octanol–water partition coefficient (Wildman–Crippen LogP) is 3.01. The summed E-state index contributed by atoms with van der Waals surface area (Å²) in [6.45, 7) is 6.62. The molecule has 20 heavy (non-hydrogen) atoms.